The Balaban J connectivity index is 2.40. The van der Waals surface area contributed by atoms with E-state index in [2.05, 4.69) is 0 Å². The smallest absolute Gasteiger partial charge is 0.129 e. The van der Waals surface area contributed by atoms with E-state index >= 15 is 0 Å². The van der Waals surface area contributed by atoms with Crippen molar-refractivity contribution in [2.45, 2.75) is 46.0 Å². The molecule has 0 fully saturated rings. The lowest BCUT2D eigenvalue weighted by molar-refractivity contribution is -0.117. The molecule has 0 aromatic heterocycles. The number of carbonyl (C=O) groups excluding carboxylic acids is 1. The van der Waals surface area contributed by atoms with E-state index in [1.807, 2.05) is 25.1 Å². The van der Waals surface area contributed by atoms with Gasteiger partial charge in [0.1, 0.15) is 11.5 Å². The second-order valence-electron chi connectivity index (χ2n) is 4.45. The van der Waals surface area contributed by atoms with Crippen molar-refractivity contribution < 1.29 is 9.53 Å². The maximum atomic E-state index is 10.8. The molecule has 0 saturated heterocycles. The molecular formula is C15H21ClO2. The molecule has 0 saturated carbocycles. The highest BCUT2D eigenvalue weighted by Crippen LogP contribution is 2.24. The summed E-state index contributed by atoms with van der Waals surface area (Å²) in [4.78, 5) is 10.8. The highest BCUT2D eigenvalue weighted by Gasteiger charge is 2.03. The number of hydrogen-bond acceptors (Lipinski definition) is 2. The average molecular weight is 269 g/mol. The van der Waals surface area contributed by atoms with Gasteiger partial charge in [0.2, 0.25) is 0 Å². The van der Waals surface area contributed by atoms with Gasteiger partial charge < -0.3 is 9.53 Å². The molecule has 0 atom stereocenters. The van der Waals surface area contributed by atoms with E-state index in [4.69, 9.17) is 16.3 Å². The molecule has 0 bridgehead atoms. The lowest BCUT2D eigenvalue weighted by Crippen LogP contribution is -1.94. The zero-order valence-corrected chi connectivity index (χ0v) is 11.9. The van der Waals surface area contributed by atoms with E-state index in [1.165, 1.54) is 0 Å². The standard InChI is InChI=1S/C15H21ClO2/c1-3-18-14-9-10-15(16)13(11-14)8-6-4-5-7-12(2)17/h9-11H,3-8H2,1-2H3. The summed E-state index contributed by atoms with van der Waals surface area (Å²) in [6, 6.07) is 5.79. The Bertz CT molecular complexity index is 388. The summed E-state index contributed by atoms with van der Waals surface area (Å²) in [5.41, 5.74) is 1.13. The SMILES string of the molecule is CCOc1ccc(Cl)c(CCCCCC(C)=O)c1. The molecule has 1 aromatic rings. The number of unbranched alkanes of at least 4 members (excludes halogenated alkanes) is 2. The first kappa shape index (κ1) is 15.0. The van der Waals surface area contributed by atoms with E-state index in [0.29, 0.717) is 13.0 Å². The predicted molar refractivity (Wildman–Crippen MR) is 75.5 cm³/mol. The normalized spacial score (nSPS) is 10.4. The van der Waals surface area contributed by atoms with Crippen molar-refractivity contribution in [2.24, 2.45) is 0 Å². The number of ketones is 1. The highest BCUT2D eigenvalue weighted by molar-refractivity contribution is 6.31. The van der Waals surface area contributed by atoms with Gasteiger partial charge in [0, 0.05) is 11.4 Å². The van der Waals surface area contributed by atoms with Crippen LogP contribution >= 0.6 is 11.6 Å². The first-order chi connectivity index (χ1) is 8.63. The molecule has 0 N–H and O–H groups in total. The zero-order valence-electron chi connectivity index (χ0n) is 11.2. The summed E-state index contributed by atoms with van der Waals surface area (Å²) < 4.78 is 5.46. The van der Waals surface area contributed by atoms with Gasteiger partial charge in [-0.1, -0.05) is 18.0 Å². The van der Waals surface area contributed by atoms with Gasteiger partial charge in [0.15, 0.2) is 0 Å². The molecular weight excluding hydrogens is 248 g/mol. The quantitative estimate of drug-likeness (QED) is 0.652. The zero-order chi connectivity index (χ0) is 13.4. The van der Waals surface area contributed by atoms with E-state index in [0.717, 1.165) is 42.0 Å². The first-order valence-electron chi connectivity index (χ1n) is 6.54. The summed E-state index contributed by atoms with van der Waals surface area (Å²) in [6.07, 6.45) is 4.72. The van der Waals surface area contributed by atoms with E-state index in [-0.39, 0.29) is 5.78 Å². The third-order valence-corrected chi connectivity index (χ3v) is 3.17. The average Bonchev–Trinajstić information content (AvgIpc) is 2.32. The van der Waals surface area contributed by atoms with Gasteiger partial charge in [-0.25, -0.2) is 0 Å². The summed E-state index contributed by atoms with van der Waals surface area (Å²) in [6.45, 7) is 4.28. The number of aryl methyl sites for hydroxylation is 1. The first-order valence-corrected chi connectivity index (χ1v) is 6.92. The van der Waals surface area contributed by atoms with Crippen LogP contribution in [0.25, 0.3) is 0 Å². The molecule has 1 aromatic carbocycles. The molecule has 0 amide bonds. The number of Topliss-reactive ketones (excluding diaryl/α,β-unsaturated/α-hetero) is 1. The van der Waals surface area contributed by atoms with Crippen molar-refractivity contribution in [1.82, 2.24) is 0 Å². The fourth-order valence-electron chi connectivity index (χ4n) is 1.87. The minimum absolute atomic E-state index is 0.270. The Morgan fingerprint density at radius 2 is 2.06 bits per heavy atom. The van der Waals surface area contributed by atoms with Crippen LogP contribution in [0.15, 0.2) is 18.2 Å². The lowest BCUT2D eigenvalue weighted by Gasteiger charge is -2.08. The summed E-state index contributed by atoms with van der Waals surface area (Å²) >= 11 is 6.15. The molecule has 18 heavy (non-hydrogen) atoms. The monoisotopic (exact) mass is 268 g/mol. The third kappa shape index (κ3) is 5.54. The van der Waals surface area contributed by atoms with Crippen molar-refractivity contribution in [2.75, 3.05) is 6.61 Å². The number of carbonyl (C=O) groups is 1. The second-order valence-corrected chi connectivity index (χ2v) is 4.86. The number of hydrogen-bond donors (Lipinski definition) is 0. The molecule has 0 spiro atoms. The van der Waals surface area contributed by atoms with Crippen LogP contribution in [0, 0.1) is 0 Å². The van der Waals surface area contributed by atoms with E-state index < -0.39 is 0 Å². The number of rotatable bonds is 8. The van der Waals surface area contributed by atoms with Crippen LogP contribution < -0.4 is 4.74 Å². The molecule has 0 aliphatic carbocycles. The fourth-order valence-corrected chi connectivity index (χ4v) is 2.08. The predicted octanol–water partition coefficient (Wildman–Crippen LogP) is 4.43. The maximum absolute atomic E-state index is 10.8. The number of halogens is 1. The minimum Gasteiger partial charge on any atom is -0.494 e. The third-order valence-electron chi connectivity index (χ3n) is 2.80. The Morgan fingerprint density at radius 3 is 2.72 bits per heavy atom. The fraction of sp³-hybridized carbons (Fsp3) is 0.533. The highest BCUT2D eigenvalue weighted by atomic mass is 35.5. The van der Waals surface area contributed by atoms with Crippen molar-refractivity contribution in [3.8, 4) is 5.75 Å². The van der Waals surface area contributed by atoms with Crippen LogP contribution in [0.5, 0.6) is 5.75 Å². The Morgan fingerprint density at radius 1 is 1.28 bits per heavy atom. The van der Waals surface area contributed by atoms with Crippen molar-refractivity contribution in [1.29, 1.82) is 0 Å². The summed E-state index contributed by atoms with van der Waals surface area (Å²) in [7, 11) is 0. The van der Waals surface area contributed by atoms with Crippen LogP contribution in [-0.4, -0.2) is 12.4 Å². The van der Waals surface area contributed by atoms with E-state index in [1.54, 1.807) is 6.92 Å². The van der Waals surface area contributed by atoms with Gasteiger partial charge in [0.25, 0.3) is 0 Å². The van der Waals surface area contributed by atoms with Gasteiger partial charge >= 0.3 is 0 Å². The van der Waals surface area contributed by atoms with Crippen LogP contribution in [0.2, 0.25) is 5.02 Å². The molecule has 2 nitrogen and oxygen atoms in total. The van der Waals surface area contributed by atoms with Crippen molar-refractivity contribution in [3.63, 3.8) is 0 Å². The van der Waals surface area contributed by atoms with Crippen molar-refractivity contribution >= 4 is 17.4 Å². The number of ether oxygens (including phenoxy) is 1. The topological polar surface area (TPSA) is 26.3 Å². The second kappa shape index (κ2) is 8.15. The van der Waals surface area contributed by atoms with Crippen LogP contribution in [0.3, 0.4) is 0 Å². The molecule has 1 rings (SSSR count). The van der Waals surface area contributed by atoms with Crippen molar-refractivity contribution in [3.05, 3.63) is 28.8 Å². The van der Waals surface area contributed by atoms with Gasteiger partial charge in [0.05, 0.1) is 6.61 Å². The summed E-state index contributed by atoms with van der Waals surface area (Å²) in [5.74, 6) is 1.15. The minimum atomic E-state index is 0.270. The van der Waals surface area contributed by atoms with Gasteiger partial charge in [-0.3, -0.25) is 0 Å². The Labute approximate surface area is 114 Å². The maximum Gasteiger partial charge on any atom is 0.129 e. The molecule has 0 aliphatic heterocycles. The van der Waals surface area contributed by atoms with Crippen LogP contribution in [-0.2, 0) is 11.2 Å². The Hall–Kier alpha value is -1.02. The molecule has 0 radical (unpaired) electrons. The lowest BCUT2D eigenvalue weighted by atomic mass is 10.1. The summed E-state index contributed by atoms with van der Waals surface area (Å²) in [5, 5.41) is 0.796. The van der Waals surface area contributed by atoms with E-state index in [9.17, 15) is 4.79 Å². The molecule has 3 heteroatoms. The molecule has 0 aliphatic rings. The van der Waals surface area contributed by atoms with Crippen LogP contribution in [0.4, 0.5) is 0 Å². The largest absolute Gasteiger partial charge is 0.494 e. The van der Waals surface area contributed by atoms with Gasteiger partial charge in [-0.2, -0.15) is 0 Å². The number of benzene rings is 1. The Kier molecular flexibility index (Phi) is 6.81. The molecule has 0 unspecified atom stereocenters. The van der Waals surface area contributed by atoms with Crippen LogP contribution in [0.1, 0.15) is 45.1 Å². The van der Waals surface area contributed by atoms with Gasteiger partial charge in [-0.05, 0) is 56.9 Å². The van der Waals surface area contributed by atoms with Gasteiger partial charge in [-0.15, -0.1) is 0 Å². The molecule has 100 valence electrons. The molecule has 0 heterocycles.